The highest BCUT2D eigenvalue weighted by Gasteiger charge is 2.29. The van der Waals surface area contributed by atoms with Crippen LogP contribution in [-0.2, 0) is 0 Å². The molecule has 0 bridgehead atoms. The smallest absolute Gasteiger partial charge is 0.293 e. The zero-order valence-electron chi connectivity index (χ0n) is 9.47. The van der Waals surface area contributed by atoms with Crippen molar-refractivity contribution in [1.82, 2.24) is 20.1 Å². The molecule has 1 aromatic rings. The summed E-state index contributed by atoms with van der Waals surface area (Å²) in [5.41, 5.74) is 0. The van der Waals surface area contributed by atoms with Gasteiger partial charge >= 0.3 is 0 Å². The number of aromatic amines is 1. The minimum Gasteiger partial charge on any atom is -0.393 e. The summed E-state index contributed by atoms with van der Waals surface area (Å²) in [4.78, 5) is 17.4. The number of rotatable bonds is 3. The van der Waals surface area contributed by atoms with Crippen LogP contribution < -0.4 is 0 Å². The molecule has 0 aliphatic heterocycles. The molecule has 1 fully saturated rings. The minimum atomic E-state index is -0.181. The standard InChI is InChI=1S/C10H16N4O2/c1-6-11-9(13-12-6)10(16)14(2)5-7-3-8(15)4-7/h7-8,15H,3-5H2,1-2H3,(H,11,12,13). The molecule has 0 unspecified atom stereocenters. The van der Waals surface area contributed by atoms with Gasteiger partial charge in [-0.25, -0.2) is 4.98 Å². The Kier molecular flexibility index (Phi) is 2.91. The largest absolute Gasteiger partial charge is 0.393 e. The zero-order valence-corrected chi connectivity index (χ0v) is 9.47. The molecule has 6 heteroatoms. The lowest BCUT2D eigenvalue weighted by atomic mass is 9.82. The Bertz CT molecular complexity index is 384. The van der Waals surface area contributed by atoms with Crippen LogP contribution in [0.15, 0.2) is 0 Å². The topological polar surface area (TPSA) is 82.1 Å². The van der Waals surface area contributed by atoms with Crippen molar-refractivity contribution in [2.45, 2.75) is 25.9 Å². The summed E-state index contributed by atoms with van der Waals surface area (Å²) in [6.45, 7) is 2.41. The van der Waals surface area contributed by atoms with Gasteiger partial charge < -0.3 is 10.0 Å². The molecule has 1 aliphatic rings. The van der Waals surface area contributed by atoms with Gasteiger partial charge in [0.2, 0.25) is 5.82 Å². The first kappa shape index (κ1) is 11.1. The molecular formula is C10H16N4O2. The van der Waals surface area contributed by atoms with E-state index in [1.807, 2.05) is 0 Å². The number of hydrogen-bond donors (Lipinski definition) is 2. The van der Waals surface area contributed by atoms with E-state index in [9.17, 15) is 4.79 Å². The van der Waals surface area contributed by atoms with Gasteiger partial charge in [-0.15, -0.1) is 5.10 Å². The maximum atomic E-state index is 11.8. The highest BCUT2D eigenvalue weighted by molar-refractivity contribution is 5.90. The first-order valence-corrected chi connectivity index (χ1v) is 5.39. The van der Waals surface area contributed by atoms with Gasteiger partial charge in [-0.3, -0.25) is 9.89 Å². The van der Waals surface area contributed by atoms with Gasteiger partial charge in [-0.1, -0.05) is 0 Å². The molecule has 1 saturated carbocycles. The first-order chi connectivity index (χ1) is 7.56. The molecule has 0 atom stereocenters. The number of aromatic nitrogens is 3. The Balaban J connectivity index is 1.89. The number of nitrogens with one attached hydrogen (secondary N) is 1. The maximum absolute atomic E-state index is 11.8. The Morgan fingerprint density at radius 2 is 2.31 bits per heavy atom. The zero-order chi connectivity index (χ0) is 11.7. The molecule has 6 nitrogen and oxygen atoms in total. The van der Waals surface area contributed by atoms with E-state index >= 15 is 0 Å². The number of nitrogens with zero attached hydrogens (tertiary/aromatic N) is 3. The number of aliphatic hydroxyl groups excluding tert-OH is 1. The molecule has 1 aromatic heterocycles. The summed E-state index contributed by atoms with van der Waals surface area (Å²) in [6, 6.07) is 0. The predicted octanol–water partition coefficient (Wildman–Crippen LogP) is -0.0440. The number of aliphatic hydroxyl groups is 1. The second-order valence-electron chi connectivity index (χ2n) is 4.42. The molecular weight excluding hydrogens is 208 g/mol. The predicted molar refractivity (Wildman–Crippen MR) is 56.8 cm³/mol. The molecule has 1 heterocycles. The average Bonchev–Trinajstić information content (AvgIpc) is 2.61. The lowest BCUT2D eigenvalue weighted by Gasteiger charge is -2.34. The van der Waals surface area contributed by atoms with Crippen molar-refractivity contribution in [3.05, 3.63) is 11.6 Å². The fraction of sp³-hybridized carbons (Fsp3) is 0.700. The van der Waals surface area contributed by atoms with Crippen LogP contribution in [0.25, 0.3) is 0 Å². The van der Waals surface area contributed by atoms with Gasteiger partial charge in [-0.2, -0.15) is 0 Å². The summed E-state index contributed by atoms with van der Waals surface area (Å²) in [5.74, 6) is 1.07. The van der Waals surface area contributed by atoms with Gasteiger partial charge in [0.05, 0.1) is 6.10 Å². The molecule has 2 rings (SSSR count). The lowest BCUT2D eigenvalue weighted by molar-refractivity contribution is 0.0262. The molecule has 1 amide bonds. The summed E-state index contributed by atoms with van der Waals surface area (Å²) in [7, 11) is 1.73. The molecule has 16 heavy (non-hydrogen) atoms. The number of hydrogen-bond acceptors (Lipinski definition) is 4. The van der Waals surface area contributed by atoms with Crippen LogP contribution in [0.2, 0.25) is 0 Å². The van der Waals surface area contributed by atoms with E-state index < -0.39 is 0 Å². The van der Waals surface area contributed by atoms with E-state index in [-0.39, 0.29) is 17.8 Å². The maximum Gasteiger partial charge on any atom is 0.293 e. The summed E-state index contributed by atoms with van der Waals surface area (Å²) in [6.07, 6.45) is 1.38. The van der Waals surface area contributed by atoms with Crippen molar-refractivity contribution in [2.75, 3.05) is 13.6 Å². The van der Waals surface area contributed by atoms with Crippen molar-refractivity contribution in [3.63, 3.8) is 0 Å². The Labute approximate surface area is 93.7 Å². The highest BCUT2D eigenvalue weighted by Crippen LogP contribution is 2.27. The van der Waals surface area contributed by atoms with E-state index in [0.717, 1.165) is 12.8 Å². The molecule has 88 valence electrons. The van der Waals surface area contributed by atoms with Crippen LogP contribution in [0.5, 0.6) is 0 Å². The van der Waals surface area contributed by atoms with E-state index in [1.54, 1.807) is 18.9 Å². The minimum absolute atomic E-state index is 0.175. The highest BCUT2D eigenvalue weighted by atomic mass is 16.3. The molecule has 0 aromatic carbocycles. The summed E-state index contributed by atoms with van der Waals surface area (Å²) >= 11 is 0. The van der Waals surface area contributed by atoms with Gasteiger partial charge in [0, 0.05) is 13.6 Å². The second-order valence-corrected chi connectivity index (χ2v) is 4.42. The number of H-pyrrole nitrogens is 1. The Morgan fingerprint density at radius 1 is 1.62 bits per heavy atom. The number of carbonyl (C=O) groups excluding carboxylic acids is 1. The van der Waals surface area contributed by atoms with E-state index in [4.69, 9.17) is 5.11 Å². The quantitative estimate of drug-likeness (QED) is 0.754. The lowest BCUT2D eigenvalue weighted by Crippen LogP contribution is -2.39. The monoisotopic (exact) mass is 224 g/mol. The molecule has 0 spiro atoms. The first-order valence-electron chi connectivity index (χ1n) is 5.39. The van der Waals surface area contributed by atoms with Crippen LogP contribution in [0.1, 0.15) is 29.3 Å². The Hall–Kier alpha value is -1.43. The molecule has 0 radical (unpaired) electrons. The van der Waals surface area contributed by atoms with Crippen molar-refractivity contribution in [3.8, 4) is 0 Å². The van der Waals surface area contributed by atoms with Crippen LogP contribution in [0.3, 0.4) is 0 Å². The average molecular weight is 224 g/mol. The molecule has 2 N–H and O–H groups in total. The number of carbonyl (C=O) groups is 1. The van der Waals surface area contributed by atoms with Gasteiger partial charge in [-0.05, 0) is 25.7 Å². The van der Waals surface area contributed by atoms with Crippen LogP contribution in [0.4, 0.5) is 0 Å². The van der Waals surface area contributed by atoms with Crippen molar-refractivity contribution >= 4 is 5.91 Å². The Morgan fingerprint density at radius 3 is 2.81 bits per heavy atom. The summed E-state index contributed by atoms with van der Waals surface area (Å²) < 4.78 is 0. The van der Waals surface area contributed by atoms with Crippen LogP contribution >= 0.6 is 0 Å². The van der Waals surface area contributed by atoms with E-state index in [2.05, 4.69) is 15.2 Å². The molecule has 0 saturated heterocycles. The van der Waals surface area contributed by atoms with Gasteiger partial charge in [0.1, 0.15) is 5.82 Å². The fourth-order valence-electron chi connectivity index (χ4n) is 1.93. The second kappa shape index (κ2) is 4.21. The fourth-order valence-corrected chi connectivity index (χ4v) is 1.93. The van der Waals surface area contributed by atoms with Crippen molar-refractivity contribution in [1.29, 1.82) is 0 Å². The van der Waals surface area contributed by atoms with Gasteiger partial charge in [0.15, 0.2) is 0 Å². The van der Waals surface area contributed by atoms with Gasteiger partial charge in [0.25, 0.3) is 5.91 Å². The van der Waals surface area contributed by atoms with Crippen molar-refractivity contribution < 1.29 is 9.90 Å². The SMILES string of the molecule is Cc1nc(C(=O)N(C)CC2CC(O)C2)n[nH]1. The van der Waals surface area contributed by atoms with E-state index in [1.165, 1.54) is 0 Å². The summed E-state index contributed by atoms with van der Waals surface area (Å²) in [5, 5.41) is 15.6. The van der Waals surface area contributed by atoms with Crippen LogP contribution in [0, 0.1) is 12.8 Å². The normalized spacial score (nSPS) is 23.9. The van der Waals surface area contributed by atoms with Crippen LogP contribution in [-0.4, -0.2) is 50.8 Å². The third kappa shape index (κ3) is 2.21. The van der Waals surface area contributed by atoms with E-state index in [0.29, 0.717) is 18.3 Å². The third-order valence-corrected chi connectivity index (χ3v) is 2.88. The molecule has 1 aliphatic carbocycles. The third-order valence-electron chi connectivity index (χ3n) is 2.88. The number of amides is 1. The number of aryl methyl sites for hydroxylation is 1. The van der Waals surface area contributed by atoms with Crippen molar-refractivity contribution in [2.24, 2.45) is 5.92 Å².